The predicted molar refractivity (Wildman–Crippen MR) is 70.9 cm³/mol. The van der Waals surface area contributed by atoms with E-state index in [0.717, 1.165) is 0 Å². The van der Waals surface area contributed by atoms with Crippen molar-refractivity contribution < 1.29 is 19.1 Å². The Hall–Kier alpha value is -2.28. The minimum absolute atomic E-state index is 0.153. The number of furan rings is 1. The molecule has 1 aliphatic carbocycles. The number of Topliss-reactive ketones (excluding diaryl/α,β-unsaturated/α-hetero) is 1. The summed E-state index contributed by atoms with van der Waals surface area (Å²) in [7, 11) is 0. The minimum Gasteiger partial charge on any atom is -0.475 e. The third-order valence-electron chi connectivity index (χ3n) is 3.25. The fourth-order valence-electron chi connectivity index (χ4n) is 2.32. The number of carbonyl (C=O) groups excluding carboxylic acids is 1. The lowest BCUT2D eigenvalue weighted by molar-refractivity contribution is 0.0659. The summed E-state index contributed by atoms with van der Waals surface area (Å²) in [5.74, 6) is -1.04. The largest absolute Gasteiger partial charge is 0.475 e. The number of carbonyl (C=O) groups is 2. The fourth-order valence-corrected chi connectivity index (χ4v) is 2.74. The second-order valence-corrected chi connectivity index (χ2v) is 5.10. The van der Waals surface area contributed by atoms with Gasteiger partial charge >= 0.3 is 5.97 Å². The molecule has 0 saturated heterocycles. The van der Waals surface area contributed by atoms with Crippen molar-refractivity contribution in [2.45, 2.75) is 19.8 Å². The van der Waals surface area contributed by atoms with Gasteiger partial charge in [-0.3, -0.25) is 4.79 Å². The lowest BCUT2D eigenvalue weighted by Gasteiger charge is -2.12. The Morgan fingerprint density at radius 3 is 2.95 bits per heavy atom. The number of rotatable bonds is 2. The van der Waals surface area contributed by atoms with Gasteiger partial charge in [-0.25, -0.2) is 4.79 Å². The van der Waals surface area contributed by atoms with Crippen molar-refractivity contribution in [1.82, 2.24) is 9.59 Å². The van der Waals surface area contributed by atoms with Gasteiger partial charge in [-0.15, -0.1) is 5.10 Å². The summed E-state index contributed by atoms with van der Waals surface area (Å²) in [5, 5.41) is 14.7. The van der Waals surface area contributed by atoms with Gasteiger partial charge in [0.15, 0.2) is 5.78 Å². The molecule has 102 valence electrons. The van der Waals surface area contributed by atoms with Crippen molar-refractivity contribution in [3.63, 3.8) is 0 Å². The van der Waals surface area contributed by atoms with E-state index in [9.17, 15) is 9.59 Å². The summed E-state index contributed by atoms with van der Waals surface area (Å²) in [6.45, 7) is 1.59. The van der Waals surface area contributed by atoms with E-state index in [2.05, 4.69) is 9.59 Å². The molecular formula is C13H10N2O4S. The fraction of sp³-hybridized carbons (Fsp3) is 0.231. The number of fused-ring (bicyclic) bond motifs is 1. The molecule has 20 heavy (non-hydrogen) atoms. The highest BCUT2D eigenvalue weighted by Crippen LogP contribution is 2.32. The zero-order chi connectivity index (χ0) is 14.3. The molecule has 7 heteroatoms. The molecule has 1 aliphatic rings. The molecule has 1 N–H and O–H groups in total. The number of aromatic nitrogens is 2. The van der Waals surface area contributed by atoms with E-state index in [4.69, 9.17) is 9.52 Å². The summed E-state index contributed by atoms with van der Waals surface area (Å²) >= 11 is 1.21. The normalized spacial score (nSPS) is 16.4. The van der Waals surface area contributed by atoms with E-state index in [0.29, 0.717) is 41.0 Å². The smallest absolute Gasteiger partial charge is 0.372 e. The number of nitrogens with zero attached hydrogens (tertiary/aromatic N) is 2. The van der Waals surface area contributed by atoms with Gasteiger partial charge < -0.3 is 9.52 Å². The molecule has 0 fully saturated rings. The molecular weight excluding hydrogens is 280 g/mol. The van der Waals surface area contributed by atoms with Gasteiger partial charge in [-0.2, -0.15) is 0 Å². The van der Waals surface area contributed by atoms with Gasteiger partial charge in [0.2, 0.25) is 5.76 Å². The maximum atomic E-state index is 12.4. The second kappa shape index (κ2) is 4.68. The van der Waals surface area contributed by atoms with Crippen LogP contribution in [0.3, 0.4) is 0 Å². The standard InChI is InChI=1S/C13H10N2O4S/c1-6-10-9(19-12(6)13(17)18)3-2-7(11(10)16)4-8-5-20-15-14-8/h4-5H,2-3H2,1H3,(H,17,18)/b7-4+. The number of carboxylic acid groups (broad SMARTS) is 1. The molecule has 0 aliphatic heterocycles. The number of aryl methyl sites for hydroxylation is 1. The van der Waals surface area contributed by atoms with Crippen molar-refractivity contribution in [1.29, 1.82) is 0 Å². The van der Waals surface area contributed by atoms with Crippen LogP contribution in [0.25, 0.3) is 6.08 Å². The number of hydrogen-bond donors (Lipinski definition) is 1. The molecule has 0 aromatic carbocycles. The van der Waals surface area contributed by atoms with E-state index in [-0.39, 0.29) is 11.5 Å². The number of hydrogen-bond acceptors (Lipinski definition) is 6. The molecule has 2 heterocycles. The summed E-state index contributed by atoms with van der Waals surface area (Å²) in [6.07, 6.45) is 2.72. The quantitative estimate of drug-likeness (QED) is 0.853. The Balaban J connectivity index is 2.05. The monoisotopic (exact) mass is 290 g/mol. The third kappa shape index (κ3) is 1.96. The highest BCUT2D eigenvalue weighted by Gasteiger charge is 2.31. The predicted octanol–water partition coefficient (Wildman–Crippen LogP) is 2.35. The van der Waals surface area contributed by atoms with Crippen molar-refractivity contribution in [2.24, 2.45) is 0 Å². The van der Waals surface area contributed by atoms with Crippen LogP contribution in [0, 0.1) is 6.92 Å². The lowest BCUT2D eigenvalue weighted by Crippen LogP contribution is -2.13. The summed E-state index contributed by atoms with van der Waals surface area (Å²) in [5.41, 5.74) is 2.01. The van der Waals surface area contributed by atoms with Crippen LogP contribution < -0.4 is 0 Å². The zero-order valence-corrected chi connectivity index (χ0v) is 11.4. The van der Waals surface area contributed by atoms with Crippen LogP contribution in [0.5, 0.6) is 0 Å². The first-order valence-corrected chi connectivity index (χ1v) is 6.79. The molecule has 0 unspecified atom stereocenters. The Morgan fingerprint density at radius 1 is 1.50 bits per heavy atom. The SMILES string of the molecule is Cc1c(C(=O)O)oc2c1C(=O)/C(=C/c1csnn1)CC2. The van der Waals surface area contributed by atoms with Gasteiger partial charge in [0.25, 0.3) is 0 Å². The molecule has 3 rings (SSSR count). The Bertz CT molecular complexity index is 728. The summed E-state index contributed by atoms with van der Waals surface area (Å²) in [6, 6.07) is 0. The van der Waals surface area contributed by atoms with Gasteiger partial charge in [-0.1, -0.05) is 4.49 Å². The average Bonchev–Trinajstić information content (AvgIpc) is 3.01. The number of ketones is 1. The maximum Gasteiger partial charge on any atom is 0.372 e. The molecule has 2 aromatic heterocycles. The van der Waals surface area contributed by atoms with Crippen LogP contribution in [0.2, 0.25) is 0 Å². The molecule has 6 nitrogen and oxygen atoms in total. The molecule has 0 spiro atoms. The second-order valence-electron chi connectivity index (χ2n) is 4.49. The van der Waals surface area contributed by atoms with Crippen molar-refractivity contribution in [3.05, 3.63) is 39.3 Å². The lowest BCUT2D eigenvalue weighted by atomic mass is 9.89. The van der Waals surface area contributed by atoms with Gasteiger partial charge in [0.1, 0.15) is 5.76 Å². The summed E-state index contributed by atoms with van der Waals surface area (Å²) in [4.78, 5) is 23.5. The topological polar surface area (TPSA) is 93.3 Å². The number of allylic oxidation sites excluding steroid dienone is 1. The average molecular weight is 290 g/mol. The molecule has 0 amide bonds. The molecule has 0 saturated carbocycles. The molecule has 0 radical (unpaired) electrons. The van der Waals surface area contributed by atoms with Gasteiger partial charge in [0, 0.05) is 22.9 Å². The van der Waals surface area contributed by atoms with Crippen LogP contribution in [0.1, 0.15) is 44.4 Å². The molecule has 0 bridgehead atoms. The Morgan fingerprint density at radius 2 is 2.30 bits per heavy atom. The van der Waals surface area contributed by atoms with Crippen LogP contribution in [-0.4, -0.2) is 26.4 Å². The van der Waals surface area contributed by atoms with Crippen LogP contribution >= 0.6 is 11.5 Å². The Labute approximate surface area is 117 Å². The first-order valence-electron chi connectivity index (χ1n) is 5.96. The number of carboxylic acids is 1. The van der Waals surface area contributed by atoms with E-state index in [1.54, 1.807) is 18.4 Å². The number of aromatic carboxylic acids is 1. The van der Waals surface area contributed by atoms with Crippen LogP contribution in [0.15, 0.2) is 15.4 Å². The minimum atomic E-state index is -1.15. The first kappa shape index (κ1) is 12.7. The first-order chi connectivity index (χ1) is 9.58. The molecule has 2 aromatic rings. The van der Waals surface area contributed by atoms with Crippen molar-refractivity contribution in [2.75, 3.05) is 0 Å². The highest BCUT2D eigenvalue weighted by atomic mass is 32.1. The summed E-state index contributed by atoms with van der Waals surface area (Å²) < 4.78 is 9.02. The van der Waals surface area contributed by atoms with Gasteiger partial charge in [0.05, 0.1) is 11.3 Å². The van der Waals surface area contributed by atoms with E-state index in [1.165, 1.54) is 11.5 Å². The van der Waals surface area contributed by atoms with E-state index >= 15 is 0 Å². The maximum absolute atomic E-state index is 12.4. The van der Waals surface area contributed by atoms with Crippen molar-refractivity contribution >= 4 is 29.4 Å². The molecule has 0 atom stereocenters. The van der Waals surface area contributed by atoms with E-state index in [1.807, 2.05) is 0 Å². The highest BCUT2D eigenvalue weighted by molar-refractivity contribution is 7.03. The van der Waals surface area contributed by atoms with Crippen LogP contribution in [-0.2, 0) is 6.42 Å². The third-order valence-corrected chi connectivity index (χ3v) is 3.78. The van der Waals surface area contributed by atoms with Crippen molar-refractivity contribution in [3.8, 4) is 0 Å². The Kier molecular flexibility index (Phi) is 2.98. The van der Waals surface area contributed by atoms with E-state index < -0.39 is 5.97 Å². The van der Waals surface area contributed by atoms with Crippen LogP contribution in [0.4, 0.5) is 0 Å². The van der Waals surface area contributed by atoms with Gasteiger partial charge in [-0.05, 0) is 31.0 Å². The zero-order valence-electron chi connectivity index (χ0n) is 10.5.